The van der Waals surface area contributed by atoms with Gasteiger partial charge in [0.15, 0.2) is 0 Å². The molecule has 0 unspecified atom stereocenters. The van der Waals surface area contributed by atoms with Gasteiger partial charge in [0.1, 0.15) is 0 Å². The topological polar surface area (TPSA) is 93.4 Å². The van der Waals surface area contributed by atoms with E-state index >= 15 is 0 Å². The molecule has 0 saturated carbocycles. The van der Waals surface area contributed by atoms with Crippen molar-refractivity contribution < 1.29 is 14.3 Å². The minimum absolute atomic E-state index is 0.0452. The minimum atomic E-state index is -0.432. The summed E-state index contributed by atoms with van der Waals surface area (Å²) in [5, 5.41) is 10.1. The Balaban J connectivity index is 1.67. The van der Waals surface area contributed by atoms with Crippen LogP contribution in [-0.2, 0) is 20.9 Å². The highest BCUT2D eigenvalue weighted by Gasteiger charge is 2.35. The van der Waals surface area contributed by atoms with Crippen molar-refractivity contribution >= 4 is 23.2 Å². The fourth-order valence-corrected chi connectivity index (χ4v) is 4.62. The lowest BCUT2D eigenvalue weighted by atomic mass is 9.87. The highest BCUT2D eigenvalue weighted by atomic mass is 32.1. The molecule has 0 fully saturated rings. The summed E-state index contributed by atoms with van der Waals surface area (Å²) in [5.74, 6) is -0.308. The van der Waals surface area contributed by atoms with Crippen LogP contribution in [0.5, 0.6) is 0 Å². The van der Waals surface area contributed by atoms with E-state index in [1.165, 1.54) is 12.5 Å². The lowest BCUT2D eigenvalue weighted by Crippen LogP contribution is -2.57. The van der Waals surface area contributed by atoms with Gasteiger partial charge in [-0.1, -0.05) is 38.1 Å². The lowest BCUT2D eigenvalue weighted by molar-refractivity contribution is -0.121. The fraction of sp³-hybridized carbons (Fsp3) is 0.440. The Hall–Kier alpha value is -2.48. The number of nitrogens with two attached hydrogens (primary N) is 1. The zero-order valence-corrected chi connectivity index (χ0v) is 19.8. The van der Waals surface area contributed by atoms with Gasteiger partial charge in [0.05, 0.1) is 18.2 Å². The van der Waals surface area contributed by atoms with Gasteiger partial charge in [-0.05, 0) is 58.9 Å². The molecule has 3 atom stereocenters. The van der Waals surface area contributed by atoms with Crippen molar-refractivity contribution in [1.82, 2.24) is 10.6 Å². The van der Waals surface area contributed by atoms with Gasteiger partial charge in [-0.25, -0.2) is 0 Å². The summed E-state index contributed by atoms with van der Waals surface area (Å²) >= 11 is 1.67. The average molecular weight is 456 g/mol. The van der Waals surface area contributed by atoms with E-state index < -0.39 is 12.1 Å². The molecule has 4 N–H and O–H groups in total. The largest absolute Gasteiger partial charge is 0.369 e. The van der Waals surface area contributed by atoms with E-state index in [1.807, 2.05) is 18.2 Å². The Morgan fingerprint density at radius 2 is 1.88 bits per heavy atom. The second-order valence-electron chi connectivity index (χ2n) is 8.22. The van der Waals surface area contributed by atoms with Gasteiger partial charge >= 0.3 is 0 Å². The molecule has 2 amide bonds. The number of carbonyl (C=O) groups excluding carboxylic acids is 2. The first-order valence-corrected chi connectivity index (χ1v) is 12.1. The van der Waals surface area contributed by atoms with Gasteiger partial charge in [-0.2, -0.15) is 11.3 Å². The van der Waals surface area contributed by atoms with Crippen LogP contribution >= 0.6 is 11.3 Å². The molecule has 6 nitrogen and oxygen atoms in total. The van der Waals surface area contributed by atoms with Crippen LogP contribution in [0.1, 0.15) is 45.6 Å². The zero-order chi connectivity index (χ0) is 23.1. The Bertz CT molecular complexity index is 920. The highest BCUT2D eigenvalue weighted by Crippen LogP contribution is 2.24. The van der Waals surface area contributed by atoms with Gasteiger partial charge in [-0.15, -0.1) is 0 Å². The number of carbonyl (C=O) groups is 2. The molecule has 32 heavy (non-hydrogen) atoms. The van der Waals surface area contributed by atoms with Crippen LogP contribution in [0.2, 0.25) is 0 Å². The van der Waals surface area contributed by atoms with Gasteiger partial charge < -0.3 is 21.1 Å². The normalized spacial score (nSPS) is 20.7. The number of hydrogen-bond donors (Lipinski definition) is 3. The van der Waals surface area contributed by atoms with Crippen LogP contribution in [-0.4, -0.2) is 36.1 Å². The number of nitrogens with one attached hydrogen (secondary N) is 2. The maximum Gasteiger partial charge on any atom is 0.247 e. The van der Waals surface area contributed by atoms with Crippen molar-refractivity contribution in [2.75, 3.05) is 0 Å². The van der Waals surface area contributed by atoms with Gasteiger partial charge in [0, 0.05) is 25.1 Å². The molecule has 3 rings (SSSR count). The molecule has 0 radical (unpaired) electrons. The number of hydrogen-bond acceptors (Lipinski definition) is 5. The molecule has 1 aliphatic rings. The number of thiophene rings is 1. The van der Waals surface area contributed by atoms with E-state index in [2.05, 4.69) is 53.4 Å². The third kappa shape index (κ3) is 6.28. The van der Waals surface area contributed by atoms with E-state index in [-0.39, 0.29) is 24.0 Å². The molecule has 1 heterocycles. The molecule has 1 aromatic heterocycles. The first-order chi connectivity index (χ1) is 15.4. The minimum Gasteiger partial charge on any atom is -0.369 e. The second-order valence-corrected chi connectivity index (χ2v) is 9.00. The van der Waals surface area contributed by atoms with Gasteiger partial charge in [0.25, 0.3) is 0 Å². The van der Waals surface area contributed by atoms with Crippen LogP contribution in [0.4, 0.5) is 0 Å². The van der Waals surface area contributed by atoms with Crippen molar-refractivity contribution in [3.8, 4) is 11.1 Å². The summed E-state index contributed by atoms with van der Waals surface area (Å²) in [4.78, 5) is 24.6. The molecule has 2 aromatic rings. The molecule has 172 valence electrons. The van der Waals surface area contributed by atoms with Crippen molar-refractivity contribution in [2.45, 2.75) is 70.9 Å². The summed E-state index contributed by atoms with van der Waals surface area (Å²) in [7, 11) is 0. The molecule has 0 bridgehead atoms. The number of rotatable bonds is 9. The molecular formula is C25H33N3O3S. The SMILES string of the molecule is CCC(CC)O[C@@H]1C=C(C(=O)NCc2ccc(-c3ccsc3)cc2)C[C@H](N)[C@H]1NC(C)=O. The smallest absolute Gasteiger partial charge is 0.247 e. The standard InChI is InChI=1S/C25H33N3O3S/c1-4-21(5-2)31-23-13-20(12-22(26)24(23)28-16(3)29)25(30)27-14-17-6-8-18(9-7-17)19-10-11-32-15-19/h6-11,13,15,21-24H,4-5,12,14,26H2,1-3H3,(H,27,30)(H,28,29)/t22-,23+,24+/m0/s1. The van der Waals surface area contributed by atoms with E-state index in [1.54, 1.807) is 11.3 Å². The van der Waals surface area contributed by atoms with E-state index in [0.29, 0.717) is 18.5 Å². The van der Waals surface area contributed by atoms with Crippen molar-refractivity contribution in [2.24, 2.45) is 5.73 Å². The zero-order valence-electron chi connectivity index (χ0n) is 19.0. The van der Waals surface area contributed by atoms with Crippen LogP contribution < -0.4 is 16.4 Å². The predicted octanol–water partition coefficient (Wildman–Crippen LogP) is 3.77. The Morgan fingerprint density at radius 3 is 2.47 bits per heavy atom. The van der Waals surface area contributed by atoms with Crippen LogP contribution in [0.15, 0.2) is 52.7 Å². The maximum atomic E-state index is 12.9. The molecule has 0 saturated heterocycles. The van der Waals surface area contributed by atoms with Gasteiger partial charge in [0.2, 0.25) is 11.8 Å². The Morgan fingerprint density at radius 1 is 1.16 bits per heavy atom. The number of amides is 2. The molecule has 0 spiro atoms. The third-order valence-corrected chi connectivity index (χ3v) is 6.50. The Kier molecular flexibility index (Phi) is 8.61. The van der Waals surface area contributed by atoms with Crippen LogP contribution in [0.3, 0.4) is 0 Å². The molecule has 0 aliphatic heterocycles. The van der Waals surface area contributed by atoms with Crippen molar-refractivity contribution in [1.29, 1.82) is 0 Å². The fourth-order valence-electron chi connectivity index (χ4n) is 3.95. The number of benzene rings is 1. The summed E-state index contributed by atoms with van der Waals surface area (Å²) < 4.78 is 6.22. The summed E-state index contributed by atoms with van der Waals surface area (Å²) in [6, 6.07) is 9.53. The molecule has 1 aromatic carbocycles. The van der Waals surface area contributed by atoms with Crippen LogP contribution in [0.25, 0.3) is 11.1 Å². The van der Waals surface area contributed by atoms with Crippen LogP contribution in [0, 0.1) is 0 Å². The van der Waals surface area contributed by atoms with Crippen molar-refractivity contribution in [3.05, 3.63) is 58.3 Å². The number of ether oxygens (including phenoxy) is 1. The maximum absolute atomic E-state index is 12.9. The third-order valence-electron chi connectivity index (χ3n) is 5.82. The summed E-state index contributed by atoms with van der Waals surface area (Å²) in [6.45, 7) is 6.02. The molecular weight excluding hydrogens is 422 g/mol. The first-order valence-electron chi connectivity index (χ1n) is 11.2. The predicted molar refractivity (Wildman–Crippen MR) is 129 cm³/mol. The van der Waals surface area contributed by atoms with Crippen molar-refractivity contribution in [3.63, 3.8) is 0 Å². The summed E-state index contributed by atoms with van der Waals surface area (Å²) in [6.07, 6.45) is 3.54. The summed E-state index contributed by atoms with van der Waals surface area (Å²) in [5.41, 5.74) is 10.3. The van der Waals surface area contributed by atoms with E-state index in [0.717, 1.165) is 24.0 Å². The second kappa shape index (κ2) is 11.4. The van der Waals surface area contributed by atoms with E-state index in [9.17, 15) is 9.59 Å². The van der Waals surface area contributed by atoms with E-state index in [4.69, 9.17) is 10.5 Å². The quantitative estimate of drug-likeness (QED) is 0.537. The Labute approximate surface area is 194 Å². The molecule has 1 aliphatic carbocycles. The monoisotopic (exact) mass is 455 g/mol. The highest BCUT2D eigenvalue weighted by molar-refractivity contribution is 7.08. The first kappa shape index (κ1) is 24.2. The van der Waals surface area contributed by atoms with Gasteiger partial charge in [-0.3, -0.25) is 9.59 Å². The molecule has 7 heteroatoms. The average Bonchev–Trinajstić information content (AvgIpc) is 3.32. The lowest BCUT2D eigenvalue weighted by Gasteiger charge is -2.36.